The van der Waals surface area contributed by atoms with Crippen LogP contribution < -0.4 is 0 Å². The van der Waals surface area contributed by atoms with Crippen LogP contribution in [0.1, 0.15) is 206 Å². The van der Waals surface area contributed by atoms with E-state index in [0.29, 0.717) is 0 Å². The summed E-state index contributed by atoms with van der Waals surface area (Å²) in [6.45, 7) is 4.61. The Morgan fingerprint density at radius 1 is 0.294 bits per heavy atom. The Labute approximate surface area is 226 Å². The summed E-state index contributed by atoms with van der Waals surface area (Å²) in [6, 6.07) is 0. The normalized spacial score (nSPS) is 11.6. The van der Waals surface area contributed by atoms with Crippen LogP contribution in [0.15, 0.2) is 0 Å². The molecule has 0 atom stereocenters. The van der Waals surface area contributed by atoms with E-state index in [1.54, 1.807) is 0 Å². The molecule has 0 amide bonds. The first-order chi connectivity index (χ1) is 16.8. The Morgan fingerprint density at radius 3 is 0.676 bits per heavy atom. The summed E-state index contributed by atoms with van der Waals surface area (Å²) in [4.78, 5) is 0.780. The second kappa shape index (κ2) is 31.5. The minimum atomic E-state index is 0.780. The summed E-state index contributed by atoms with van der Waals surface area (Å²) in [5, 5.41) is 0. The van der Waals surface area contributed by atoms with Crippen LogP contribution in [0.5, 0.6) is 0 Å². The lowest BCUT2D eigenvalue weighted by molar-refractivity contribution is 0.518. The SMILES string of the molecule is CCCCCCCCCCCCCCCCC(Br)CCCCCCCCCCCCCCCC. The van der Waals surface area contributed by atoms with Gasteiger partial charge in [-0.25, -0.2) is 0 Å². The Balaban J connectivity index is 3.13. The minimum Gasteiger partial charge on any atom is -0.0891 e. The molecule has 0 rings (SSSR count). The predicted octanol–water partition coefficient (Wildman–Crippen LogP) is 13.5. The fraction of sp³-hybridized carbons (Fsp3) is 1.00. The predicted molar refractivity (Wildman–Crippen MR) is 163 cm³/mol. The quantitative estimate of drug-likeness (QED) is 0.0624. The van der Waals surface area contributed by atoms with Gasteiger partial charge in [0, 0.05) is 4.83 Å². The van der Waals surface area contributed by atoms with Gasteiger partial charge in [0.2, 0.25) is 0 Å². The number of rotatable bonds is 30. The summed E-state index contributed by atoms with van der Waals surface area (Å²) in [7, 11) is 0. The smallest absolute Gasteiger partial charge is 0.0145 e. The van der Waals surface area contributed by atoms with E-state index >= 15 is 0 Å². The molecule has 34 heavy (non-hydrogen) atoms. The molecule has 206 valence electrons. The maximum atomic E-state index is 3.95. The van der Waals surface area contributed by atoms with Crippen molar-refractivity contribution in [3.05, 3.63) is 0 Å². The van der Waals surface area contributed by atoms with E-state index in [4.69, 9.17) is 0 Å². The second-order valence-electron chi connectivity index (χ2n) is 11.4. The average molecular weight is 544 g/mol. The molecule has 0 spiro atoms. The monoisotopic (exact) mass is 542 g/mol. The first-order valence-corrected chi connectivity index (χ1v) is 17.4. The van der Waals surface area contributed by atoms with Gasteiger partial charge >= 0.3 is 0 Å². The van der Waals surface area contributed by atoms with Crippen molar-refractivity contribution in [3.8, 4) is 0 Å². The number of hydrogen-bond donors (Lipinski definition) is 0. The molecule has 0 bridgehead atoms. The van der Waals surface area contributed by atoms with E-state index in [9.17, 15) is 0 Å². The van der Waals surface area contributed by atoms with Crippen LogP contribution >= 0.6 is 15.9 Å². The third kappa shape index (κ3) is 30.5. The molecule has 1 heteroatoms. The van der Waals surface area contributed by atoms with Gasteiger partial charge in [0.15, 0.2) is 0 Å². The summed E-state index contributed by atoms with van der Waals surface area (Å²) >= 11 is 3.95. The zero-order valence-electron chi connectivity index (χ0n) is 24.2. The van der Waals surface area contributed by atoms with E-state index < -0.39 is 0 Å². The molecule has 0 radical (unpaired) electrons. The zero-order chi connectivity index (χ0) is 24.8. The van der Waals surface area contributed by atoms with E-state index in [0.717, 1.165) is 4.83 Å². The van der Waals surface area contributed by atoms with Gasteiger partial charge in [-0.1, -0.05) is 210 Å². The molecule has 0 aliphatic carbocycles. The zero-order valence-corrected chi connectivity index (χ0v) is 25.8. The number of hydrogen-bond acceptors (Lipinski definition) is 0. The van der Waals surface area contributed by atoms with Gasteiger partial charge in [-0.2, -0.15) is 0 Å². The lowest BCUT2D eigenvalue weighted by Crippen LogP contribution is -1.98. The fourth-order valence-electron chi connectivity index (χ4n) is 5.27. The van der Waals surface area contributed by atoms with Crippen LogP contribution in [0.3, 0.4) is 0 Å². The standard InChI is InChI=1S/C33H67Br/c1-3-5-7-9-11-13-15-17-19-21-23-25-27-29-31-33(34)32-30-28-26-24-22-20-18-16-14-12-10-8-6-4-2/h33H,3-32H2,1-2H3. The molecule has 0 aromatic carbocycles. The van der Waals surface area contributed by atoms with Crippen molar-refractivity contribution >= 4 is 15.9 Å². The highest BCUT2D eigenvalue weighted by Crippen LogP contribution is 2.20. The molecule has 0 nitrogen and oxygen atoms in total. The van der Waals surface area contributed by atoms with Crippen molar-refractivity contribution in [2.75, 3.05) is 0 Å². The maximum absolute atomic E-state index is 3.95. The Morgan fingerprint density at radius 2 is 0.471 bits per heavy atom. The lowest BCUT2D eigenvalue weighted by atomic mass is 10.0. The van der Waals surface area contributed by atoms with Crippen molar-refractivity contribution in [1.82, 2.24) is 0 Å². The number of unbranched alkanes of at least 4 members (excludes halogenated alkanes) is 26. The summed E-state index contributed by atoms with van der Waals surface area (Å²) in [6.07, 6.45) is 43.7. The molecule has 0 saturated carbocycles. The van der Waals surface area contributed by atoms with Gasteiger partial charge in [0.05, 0.1) is 0 Å². The van der Waals surface area contributed by atoms with Gasteiger partial charge in [0.1, 0.15) is 0 Å². The molecule has 0 unspecified atom stereocenters. The van der Waals surface area contributed by atoms with E-state index in [2.05, 4.69) is 29.8 Å². The molecule has 0 aromatic heterocycles. The molecule has 0 heterocycles. The minimum absolute atomic E-state index is 0.780. The van der Waals surface area contributed by atoms with E-state index in [1.807, 2.05) is 0 Å². The molecule has 0 aliphatic rings. The van der Waals surface area contributed by atoms with Crippen molar-refractivity contribution in [2.45, 2.75) is 211 Å². The summed E-state index contributed by atoms with van der Waals surface area (Å²) in [5.41, 5.74) is 0. The Hall–Kier alpha value is 0.480. The van der Waals surface area contributed by atoms with Crippen LogP contribution in [0.2, 0.25) is 0 Å². The number of alkyl halides is 1. The van der Waals surface area contributed by atoms with Gasteiger partial charge in [-0.15, -0.1) is 0 Å². The summed E-state index contributed by atoms with van der Waals surface area (Å²) in [5.74, 6) is 0. The third-order valence-electron chi connectivity index (χ3n) is 7.74. The van der Waals surface area contributed by atoms with Crippen LogP contribution in [0.4, 0.5) is 0 Å². The van der Waals surface area contributed by atoms with Crippen LogP contribution in [-0.4, -0.2) is 4.83 Å². The summed E-state index contributed by atoms with van der Waals surface area (Å²) < 4.78 is 0. The highest BCUT2D eigenvalue weighted by atomic mass is 79.9. The van der Waals surface area contributed by atoms with Crippen molar-refractivity contribution in [2.24, 2.45) is 0 Å². The van der Waals surface area contributed by atoms with Crippen molar-refractivity contribution in [3.63, 3.8) is 0 Å². The first kappa shape index (κ1) is 34.5. The Bertz CT molecular complexity index is 307. The van der Waals surface area contributed by atoms with Gasteiger partial charge in [0.25, 0.3) is 0 Å². The Kier molecular flexibility index (Phi) is 32.0. The van der Waals surface area contributed by atoms with Crippen molar-refractivity contribution < 1.29 is 0 Å². The lowest BCUT2D eigenvalue weighted by Gasteiger charge is -2.09. The van der Waals surface area contributed by atoms with Gasteiger partial charge in [-0.3, -0.25) is 0 Å². The van der Waals surface area contributed by atoms with Crippen LogP contribution in [0.25, 0.3) is 0 Å². The van der Waals surface area contributed by atoms with E-state index in [1.165, 1.54) is 193 Å². The molecular formula is C33H67Br. The largest absolute Gasteiger partial charge is 0.0891 e. The number of halogens is 1. The second-order valence-corrected chi connectivity index (χ2v) is 12.7. The van der Waals surface area contributed by atoms with Crippen LogP contribution in [-0.2, 0) is 0 Å². The molecule has 0 saturated heterocycles. The maximum Gasteiger partial charge on any atom is 0.0145 e. The third-order valence-corrected chi connectivity index (χ3v) is 8.66. The van der Waals surface area contributed by atoms with Gasteiger partial charge < -0.3 is 0 Å². The van der Waals surface area contributed by atoms with Crippen LogP contribution in [0, 0.1) is 0 Å². The molecule has 0 fully saturated rings. The van der Waals surface area contributed by atoms with Gasteiger partial charge in [-0.05, 0) is 12.8 Å². The van der Waals surface area contributed by atoms with Crippen molar-refractivity contribution in [1.29, 1.82) is 0 Å². The fourth-order valence-corrected chi connectivity index (χ4v) is 5.91. The van der Waals surface area contributed by atoms with E-state index in [-0.39, 0.29) is 0 Å². The molecule has 0 aromatic rings. The molecule has 0 aliphatic heterocycles. The molecule has 0 N–H and O–H groups in total. The first-order valence-electron chi connectivity index (χ1n) is 16.4. The molecular weight excluding hydrogens is 476 g/mol. The average Bonchev–Trinajstić information content (AvgIpc) is 2.84. The highest BCUT2D eigenvalue weighted by Gasteiger charge is 2.04. The topological polar surface area (TPSA) is 0 Å². The highest BCUT2D eigenvalue weighted by molar-refractivity contribution is 9.09.